The van der Waals surface area contributed by atoms with Gasteiger partial charge in [0, 0.05) is 37.8 Å². The summed E-state index contributed by atoms with van der Waals surface area (Å²) in [6, 6.07) is 11.4. The van der Waals surface area contributed by atoms with E-state index in [1.54, 1.807) is 17.9 Å². The van der Waals surface area contributed by atoms with Gasteiger partial charge in [0.2, 0.25) is 17.5 Å². The molecular formula is C18H19N5O3. The van der Waals surface area contributed by atoms with E-state index in [9.17, 15) is 4.79 Å². The third kappa shape index (κ3) is 3.50. The Balaban J connectivity index is 1.33. The molecule has 8 nitrogen and oxygen atoms in total. The van der Waals surface area contributed by atoms with Crippen LogP contribution in [0.5, 0.6) is 0 Å². The highest BCUT2D eigenvalue weighted by Crippen LogP contribution is 2.16. The van der Waals surface area contributed by atoms with E-state index < -0.39 is 0 Å². The molecule has 134 valence electrons. The third-order valence-corrected chi connectivity index (χ3v) is 4.36. The molecule has 0 N–H and O–H groups in total. The second kappa shape index (κ2) is 7.09. The highest BCUT2D eigenvalue weighted by molar-refractivity contribution is 5.91. The second-order valence-corrected chi connectivity index (χ2v) is 6.28. The largest absolute Gasteiger partial charge is 0.351 e. The number of rotatable bonds is 4. The van der Waals surface area contributed by atoms with E-state index in [1.807, 2.05) is 30.3 Å². The molecule has 2 aromatic heterocycles. The lowest BCUT2D eigenvalue weighted by Crippen LogP contribution is -2.48. The van der Waals surface area contributed by atoms with Crippen molar-refractivity contribution in [2.24, 2.45) is 0 Å². The van der Waals surface area contributed by atoms with Gasteiger partial charge in [0.25, 0.3) is 5.91 Å². The molecular weight excluding hydrogens is 334 g/mol. The number of carbonyl (C=O) groups is 1. The number of piperazine rings is 1. The molecule has 1 aliphatic rings. The van der Waals surface area contributed by atoms with Gasteiger partial charge >= 0.3 is 0 Å². The number of aromatic nitrogens is 3. The molecule has 0 bridgehead atoms. The Kier molecular flexibility index (Phi) is 4.49. The van der Waals surface area contributed by atoms with Crippen molar-refractivity contribution in [3.05, 3.63) is 53.7 Å². The first-order valence-electron chi connectivity index (χ1n) is 8.52. The van der Waals surface area contributed by atoms with Crippen molar-refractivity contribution >= 4 is 5.91 Å². The summed E-state index contributed by atoms with van der Waals surface area (Å²) < 4.78 is 10.4. The Bertz CT molecular complexity index is 881. The molecule has 0 aliphatic carbocycles. The van der Waals surface area contributed by atoms with E-state index >= 15 is 0 Å². The number of hydrogen-bond acceptors (Lipinski definition) is 7. The van der Waals surface area contributed by atoms with Crippen LogP contribution >= 0.6 is 0 Å². The molecule has 0 radical (unpaired) electrons. The minimum atomic E-state index is -0.116. The monoisotopic (exact) mass is 353 g/mol. The first-order chi connectivity index (χ1) is 12.7. The van der Waals surface area contributed by atoms with Crippen molar-refractivity contribution in [3.8, 4) is 11.4 Å². The lowest BCUT2D eigenvalue weighted by Gasteiger charge is -2.33. The third-order valence-electron chi connectivity index (χ3n) is 4.36. The maximum atomic E-state index is 12.4. The van der Waals surface area contributed by atoms with Crippen LogP contribution in [0.1, 0.15) is 22.1 Å². The Morgan fingerprint density at radius 2 is 1.85 bits per heavy atom. The molecule has 4 rings (SSSR count). The van der Waals surface area contributed by atoms with Crippen LogP contribution in [0.4, 0.5) is 0 Å². The first kappa shape index (κ1) is 16.5. The lowest BCUT2D eigenvalue weighted by molar-refractivity contribution is 0.0576. The van der Waals surface area contributed by atoms with Crippen LogP contribution in [0.25, 0.3) is 11.4 Å². The van der Waals surface area contributed by atoms with Gasteiger partial charge in [-0.3, -0.25) is 9.69 Å². The molecule has 3 heterocycles. The highest BCUT2D eigenvalue weighted by atomic mass is 16.5. The minimum absolute atomic E-state index is 0.116. The predicted molar refractivity (Wildman–Crippen MR) is 92.2 cm³/mol. The van der Waals surface area contributed by atoms with Gasteiger partial charge in [-0.15, -0.1) is 0 Å². The van der Waals surface area contributed by atoms with E-state index in [0.717, 1.165) is 18.7 Å². The quantitative estimate of drug-likeness (QED) is 0.708. The zero-order valence-electron chi connectivity index (χ0n) is 14.5. The van der Waals surface area contributed by atoms with Gasteiger partial charge in [0.1, 0.15) is 0 Å². The van der Waals surface area contributed by atoms with Crippen molar-refractivity contribution in [1.82, 2.24) is 25.1 Å². The summed E-state index contributed by atoms with van der Waals surface area (Å²) in [5.74, 6) is 1.35. The van der Waals surface area contributed by atoms with Crippen LogP contribution < -0.4 is 0 Å². The maximum absolute atomic E-state index is 12.4. The summed E-state index contributed by atoms with van der Waals surface area (Å²) in [5, 5.41) is 7.81. The van der Waals surface area contributed by atoms with E-state index in [2.05, 4.69) is 20.2 Å². The summed E-state index contributed by atoms with van der Waals surface area (Å²) in [7, 11) is 0. The molecule has 1 fully saturated rings. The molecule has 0 atom stereocenters. The Morgan fingerprint density at radius 1 is 1.08 bits per heavy atom. The van der Waals surface area contributed by atoms with Gasteiger partial charge in [-0.25, -0.2) is 0 Å². The van der Waals surface area contributed by atoms with E-state index in [-0.39, 0.29) is 5.91 Å². The molecule has 1 amide bonds. The standard InChI is InChI=1S/C18H19N5O3/c1-13-11-15(25-20-13)18(24)23-9-7-22(8-10-23)12-16-19-17(21-26-16)14-5-3-2-4-6-14/h2-6,11H,7-10,12H2,1H3. The SMILES string of the molecule is Cc1cc(C(=O)N2CCN(Cc3nc(-c4ccccc4)no3)CC2)on1. The summed E-state index contributed by atoms with van der Waals surface area (Å²) in [5.41, 5.74) is 1.64. The minimum Gasteiger partial charge on any atom is -0.351 e. The fourth-order valence-corrected chi connectivity index (χ4v) is 2.94. The van der Waals surface area contributed by atoms with Crippen LogP contribution in [-0.2, 0) is 6.54 Å². The molecule has 1 aromatic carbocycles. The van der Waals surface area contributed by atoms with Crippen LogP contribution in [0.3, 0.4) is 0 Å². The van der Waals surface area contributed by atoms with Crippen molar-refractivity contribution < 1.29 is 13.8 Å². The molecule has 0 spiro atoms. The summed E-state index contributed by atoms with van der Waals surface area (Å²) in [6.45, 7) is 5.09. The van der Waals surface area contributed by atoms with Crippen LogP contribution in [0, 0.1) is 6.92 Å². The number of benzene rings is 1. The fraction of sp³-hybridized carbons (Fsp3) is 0.333. The zero-order valence-corrected chi connectivity index (χ0v) is 14.5. The Morgan fingerprint density at radius 3 is 2.54 bits per heavy atom. The topological polar surface area (TPSA) is 88.5 Å². The number of amides is 1. The normalized spacial score (nSPS) is 15.3. The molecule has 1 saturated heterocycles. The highest BCUT2D eigenvalue weighted by Gasteiger charge is 2.25. The fourth-order valence-electron chi connectivity index (χ4n) is 2.94. The van der Waals surface area contributed by atoms with E-state index in [4.69, 9.17) is 9.05 Å². The van der Waals surface area contributed by atoms with Gasteiger partial charge in [-0.2, -0.15) is 4.98 Å². The molecule has 26 heavy (non-hydrogen) atoms. The average Bonchev–Trinajstić information content (AvgIpc) is 3.32. The number of aryl methyl sites for hydroxylation is 1. The van der Waals surface area contributed by atoms with E-state index in [0.29, 0.717) is 42.8 Å². The Labute approximate surface area is 150 Å². The number of hydrogen-bond donors (Lipinski definition) is 0. The summed E-state index contributed by atoms with van der Waals surface area (Å²) >= 11 is 0. The van der Waals surface area contributed by atoms with E-state index in [1.165, 1.54) is 0 Å². The zero-order chi connectivity index (χ0) is 17.9. The molecule has 8 heteroatoms. The summed E-state index contributed by atoms with van der Waals surface area (Å²) in [4.78, 5) is 20.8. The molecule has 3 aromatic rings. The lowest BCUT2D eigenvalue weighted by atomic mass is 10.2. The Hall–Kier alpha value is -3.00. The molecule has 0 saturated carbocycles. The van der Waals surface area contributed by atoms with Crippen LogP contribution in [0.2, 0.25) is 0 Å². The van der Waals surface area contributed by atoms with Gasteiger partial charge in [0.05, 0.1) is 12.2 Å². The molecule has 0 unspecified atom stereocenters. The second-order valence-electron chi connectivity index (χ2n) is 6.28. The van der Waals surface area contributed by atoms with Gasteiger partial charge < -0.3 is 13.9 Å². The number of carbonyl (C=O) groups excluding carboxylic acids is 1. The van der Waals surface area contributed by atoms with Gasteiger partial charge in [-0.05, 0) is 6.92 Å². The first-order valence-corrected chi connectivity index (χ1v) is 8.52. The van der Waals surface area contributed by atoms with Crippen LogP contribution in [-0.4, -0.2) is 57.2 Å². The average molecular weight is 353 g/mol. The van der Waals surface area contributed by atoms with Crippen molar-refractivity contribution in [2.45, 2.75) is 13.5 Å². The van der Waals surface area contributed by atoms with Crippen LogP contribution in [0.15, 0.2) is 45.4 Å². The summed E-state index contributed by atoms with van der Waals surface area (Å²) in [6.07, 6.45) is 0. The van der Waals surface area contributed by atoms with Gasteiger partial charge in [0.15, 0.2) is 0 Å². The smallest absolute Gasteiger partial charge is 0.292 e. The number of nitrogens with zero attached hydrogens (tertiary/aromatic N) is 5. The van der Waals surface area contributed by atoms with Crippen molar-refractivity contribution in [1.29, 1.82) is 0 Å². The van der Waals surface area contributed by atoms with Gasteiger partial charge in [-0.1, -0.05) is 40.6 Å². The van der Waals surface area contributed by atoms with Crippen molar-refractivity contribution in [3.63, 3.8) is 0 Å². The van der Waals surface area contributed by atoms with Crippen molar-refractivity contribution in [2.75, 3.05) is 26.2 Å². The molecule has 1 aliphatic heterocycles. The maximum Gasteiger partial charge on any atom is 0.292 e. The predicted octanol–water partition coefficient (Wildman–Crippen LogP) is 1.99.